The van der Waals surface area contributed by atoms with Gasteiger partial charge in [0.1, 0.15) is 0 Å². The van der Waals surface area contributed by atoms with Gasteiger partial charge in [0.2, 0.25) is 0 Å². The lowest BCUT2D eigenvalue weighted by Crippen LogP contribution is -2.25. The van der Waals surface area contributed by atoms with Gasteiger partial charge < -0.3 is 5.32 Å². The fraction of sp³-hybridized carbons (Fsp3) is 0.263. The van der Waals surface area contributed by atoms with Crippen LogP contribution in [-0.2, 0) is 4.79 Å². The van der Waals surface area contributed by atoms with Gasteiger partial charge in [-0.3, -0.25) is 4.79 Å². The molecule has 0 aliphatic carbocycles. The minimum Gasteiger partial charge on any atom is -0.376 e. The highest BCUT2D eigenvalue weighted by Crippen LogP contribution is 2.13. The summed E-state index contributed by atoms with van der Waals surface area (Å²) >= 11 is 0. The summed E-state index contributed by atoms with van der Waals surface area (Å²) in [5.41, 5.74) is 6.84. The second-order valence-corrected chi connectivity index (χ2v) is 5.84. The zero-order chi connectivity index (χ0) is 16.7. The SMILES string of the molecule is Cc1cccc(NCC(=O)N/N=C\c2ccc(C(C)C)cc2)c1. The van der Waals surface area contributed by atoms with Gasteiger partial charge in [0.15, 0.2) is 0 Å². The van der Waals surface area contributed by atoms with Gasteiger partial charge in [-0.25, -0.2) is 5.43 Å². The molecule has 0 radical (unpaired) electrons. The van der Waals surface area contributed by atoms with Crippen molar-refractivity contribution in [3.63, 3.8) is 0 Å². The van der Waals surface area contributed by atoms with Crippen LogP contribution in [0.4, 0.5) is 5.69 Å². The van der Waals surface area contributed by atoms with Crippen molar-refractivity contribution in [2.24, 2.45) is 5.10 Å². The van der Waals surface area contributed by atoms with Gasteiger partial charge in [0, 0.05) is 5.69 Å². The van der Waals surface area contributed by atoms with Crippen molar-refractivity contribution in [1.82, 2.24) is 5.43 Å². The first kappa shape index (κ1) is 16.7. The highest BCUT2D eigenvalue weighted by atomic mass is 16.2. The molecule has 4 nitrogen and oxygen atoms in total. The second-order valence-electron chi connectivity index (χ2n) is 5.84. The molecular weight excluding hydrogens is 286 g/mol. The van der Waals surface area contributed by atoms with Crippen LogP contribution in [0.5, 0.6) is 0 Å². The largest absolute Gasteiger partial charge is 0.376 e. The zero-order valence-corrected chi connectivity index (χ0v) is 13.8. The molecule has 2 aromatic carbocycles. The Morgan fingerprint density at radius 3 is 2.57 bits per heavy atom. The maximum Gasteiger partial charge on any atom is 0.259 e. The molecule has 23 heavy (non-hydrogen) atoms. The van der Waals surface area contributed by atoms with Crippen molar-refractivity contribution in [3.8, 4) is 0 Å². The van der Waals surface area contributed by atoms with Crippen molar-refractivity contribution in [2.75, 3.05) is 11.9 Å². The zero-order valence-electron chi connectivity index (χ0n) is 13.8. The van der Waals surface area contributed by atoms with E-state index in [9.17, 15) is 4.79 Å². The Hall–Kier alpha value is -2.62. The highest BCUT2D eigenvalue weighted by molar-refractivity contribution is 5.84. The number of nitrogens with zero attached hydrogens (tertiary/aromatic N) is 1. The third kappa shape index (κ3) is 5.58. The molecule has 1 amide bonds. The van der Waals surface area contributed by atoms with Crippen LogP contribution in [0.15, 0.2) is 53.6 Å². The number of nitrogens with one attached hydrogen (secondary N) is 2. The molecule has 0 unspecified atom stereocenters. The van der Waals surface area contributed by atoms with Crippen molar-refractivity contribution in [2.45, 2.75) is 26.7 Å². The number of anilines is 1. The molecule has 0 aliphatic heterocycles. The molecule has 0 fully saturated rings. The first-order valence-electron chi connectivity index (χ1n) is 7.77. The molecular formula is C19H23N3O. The summed E-state index contributed by atoms with van der Waals surface area (Å²) in [6.45, 7) is 6.52. The molecule has 0 aromatic heterocycles. The van der Waals surface area contributed by atoms with Gasteiger partial charge in [0.05, 0.1) is 12.8 Å². The number of amides is 1. The Balaban J connectivity index is 1.79. The van der Waals surface area contributed by atoms with Crippen LogP contribution in [-0.4, -0.2) is 18.7 Å². The van der Waals surface area contributed by atoms with Crippen molar-refractivity contribution < 1.29 is 4.79 Å². The first-order chi connectivity index (χ1) is 11.0. The lowest BCUT2D eigenvalue weighted by Gasteiger charge is -2.06. The van der Waals surface area contributed by atoms with Crippen LogP contribution in [0.2, 0.25) is 0 Å². The van der Waals surface area contributed by atoms with E-state index in [-0.39, 0.29) is 12.5 Å². The van der Waals surface area contributed by atoms with Crippen LogP contribution in [0.1, 0.15) is 36.5 Å². The van der Waals surface area contributed by atoms with Crippen LogP contribution in [0.25, 0.3) is 0 Å². The summed E-state index contributed by atoms with van der Waals surface area (Å²) in [6, 6.07) is 16.0. The standard InChI is InChI=1S/C19H23N3O/c1-14(2)17-9-7-16(8-10-17)12-21-22-19(23)13-20-18-6-4-5-15(3)11-18/h4-12,14,20H,13H2,1-3H3,(H,22,23)/b21-12-. The average Bonchev–Trinajstić information content (AvgIpc) is 2.53. The van der Waals surface area contributed by atoms with Gasteiger partial charge in [-0.2, -0.15) is 5.10 Å². The fourth-order valence-electron chi connectivity index (χ4n) is 2.12. The van der Waals surface area contributed by atoms with Gasteiger partial charge in [0.25, 0.3) is 5.91 Å². The Morgan fingerprint density at radius 1 is 1.17 bits per heavy atom. The lowest BCUT2D eigenvalue weighted by molar-refractivity contribution is -0.119. The number of hydrazone groups is 1. The van der Waals surface area contributed by atoms with Crippen LogP contribution in [0, 0.1) is 6.92 Å². The average molecular weight is 309 g/mol. The topological polar surface area (TPSA) is 53.5 Å². The quantitative estimate of drug-likeness (QED) is 0.632. The van der Waals surface area contributed by atoms with E-state index < -0.39 is 0 Å². The van der Waals surface area contributed by atoms with Crippen LogP contribution >= 0.6 is 0 Å². The van der Waals surface area contributed by atoms with E-state index in [0.717, 1.165) is 16.8 Å². The maximum absolute atomic E-state index is 11.7. The summed E-state index contributed by atoms with van der Waals surface area (Å²) in [7, 11) is 0. The number of aryl methyl sites for hydroxylation is 1. The molecule has 2 N–H and O–H groups in total. The molecule has 4 heteroatoms. The normalized spacial score (nSPS) is 11.0. The predicted octanol–water partition coefficient (Wildman–Crippen LogP) is 3.68. The van der Waals surface area contributed by atoms with Crippen molar-refractivity contribution >= 4 is 17.8 Å². The smallest absolute Gasteiger partial charge is 0.259 e. The summed E-state index contributed by atoms with van der Waals surface area (Å²) in [4.78, 5) is 11.7. The molecule has 0 atom stereocenters. The molecule has 120 valence electrons. The van der Waals surface area contributed by atoms with Crippen molar-refractivity contribution in [1.29, 1.82) is 0 Å². The number of carbonyl (C=O) groups excluding carboxylic acids is 1. The van der Waals surface area contributed by atoms with Crippen molar-refractivity contribution in [3.05, 3.63) is 65.2 Å². The van der Waals surface area contributed by atoms with Crippen LogP contribution < -0.4 is 10.7 Å². The van der Waals surface area contributed by atoms with E-state index in [1.807, 2.05) is 43.3 Å². The number of hydrogen-bond acceptors (Lipinski definition) is 3. The number of hydrogen-bond donors (Lipinski definition) is 2. The highest BCUT2D eigenvalue weighted by Gasteiger charge is 2.00. The molecule has 0 aliphatic rings. The van der Waals surface area contributed by atoms with E-state index in [1.54, 1.807) is 6.21 Å². The Kier molecular flexibility index (Phi) is 5.92. The second kappa shape index (κ2) is 8.13. The van der Waals surface area contributed by atoms with E-state index >= 15 is 0 Å². The summed E-state index contributed by atoms with van der Waals surface area (Å²) in [5, 5.41) is 7.05. The summed E-state index contributed by atoms with van der Waals surface area (Å²) in [5.74, 6) is 0.329. The molecule has 0 spiro atoms. The summed E-state index contributed by atoms with van der Waals surface area (Å²) in [6.07, 6.45) is 1.65. The van der Waals surface area contributed by atoms with Crippen LogP contribution in [0.3, 0.4) is 0 Å². The van der Waals surface area contributed by atoms with Gasteiger partial charge in [-0.1, -0.05) is 50.2 Å². The van der Waals surface area contributed by atoms with E-state index in [2.05, 4.69) is 41.8 Å². The maximum atomic E-state index is 11.7. The van der Waals surface area contributed by atoms with E-state index in [0.29, 0.717) is 5.92 Å². The Morgan fingerprint density at radius 2 is 1.91 bits per heavy atom. The van der Waals surface area contributed by atoms with Gasteiger partial charge in [-0.05, 0) is 41.7 Å². The van der Waals surface area contributed by atoms with Gasteiger partial charge >= 0.3 is 0 Å². The molecule has 2 rings (SSSR count). The van der Waals surface area contributed by atoms with E-state index in [1.165, 1.54) is 5.56 Å². The molecule has 0 saturated carbocycles. The van der Waals surface area contributed by atoms with E-state index in [4.69, 9.17) is 0 Å². The molecule has 2 aromatic rings. The number of carbonyl (C=O) groups is 1. The predicted molar refractivity (Wildman–Crippen MR) is 95.9 cm³/mol. The lowest BCUT2D eigenvalue weighted by atomic mass is 10.0. The molecule has 0 bridgehead atoms. The molecule has 0 heterocycles. The Bertz CT molecular complexity index is 675. The number of rotatable bonds is 6. The minimum absolute atomic E-state index is 0.179. The number of benzene rings is 2. The third-order valence-electron chi connectivity index (χ3n) is 3.48. The third-order valence-corrected chi connectivity index (χ3v) is 3.48. The monoisotopic (exact) mass is 309 g/mol. The fourth-order valence-corrected chi connectivity index (χ4v) is 2.12. The molecule has 0 saturated heterocycles. The first-order valence-corrected chi connectivity index (χ1v) is 7.77. The summed E-state index contributed by atoms with van der Waals surface area (Å²) < 4.78 is 0. The minimum atomic E-state index is -0.179. The van der Waals surface area contributed by atoms with Gasteiger partial charge in [-0.15, -0.1) is 0 Å². The Labute approximate surface area is 137 Å².